The molecule has 7 atom stereocenters. The van der Waals surface area contributed by atoms with Gasteiger partial charge in [0.2, 0.25) is 0 Å². The third-order valence-corrected chi connectivity index (χ3v) is 13.3. The van der Waals surface area contributed by atoms with E-state index in [1.165, 1.54) is 44.9 Å². The molecule has 0 aromatic heterocycles. The maximum absolute atomic E-state index is 12.6. The number of allylic oxidation sites excluding steroid dienone is 2. The quantitative estimate of drug-likeness (QED) is 0.0637. The minimum absolute atomic E-state index is 0.00633. The predicted octanol–water partition coefficient (Wildman–Crippen LogP) is 10.0. The first-order valence-corrected chi connectivity index (χ1v) is 21.0. The summed E-state index contributed by atoms with van der Waals surface area (Å²) in [6, 6.07) is 9.27. The van der Waals surface area contributed by atoms with E-state index in [-0.39, 0.29) is 35.9 Å². The Morgan fingerprint density at radius 1 is 0.929 bits per heavy atom. The molecule has 0 aliphatic heterocycles. The number of esters is 2. The summed E-state index contributed by atoms with van der Waals surface area (Å²) in [6.07, 6.45) is 19.0. The lowest BCUT2D eigenvalue weighted by Gasteiger charge is -2.49. The van der Waals surface area contributed by atoms with Crippen LogP contribution in [0.25, 0.3) is 0 Å². The number of hydrogen-bond donors (Lipinski definition) is 3. The fraction of sp³-hybridized carbons (Fsp3) is 0.674. The largest absolute Gasteiger partial charge is 0.505 e. The van der Waals surface area contributed by atoms with Gasteiger partial charge in [-0.15, -0.1) is 0 Å². The van der Waals surface area contributed by atoms with Crippen LogP contribution in [0.15, 0.2) is 47.9 Å². The Morgan fingerprint density at radius 3 is 2.32 bits per heavy atom. The van der Waals surface area contributed by atoms with Crippen molar-refractivity contribution in [3.05, 3.63) is 59.1 Å². The maximum Gasteiger partial charge on any atom is 0.375 e. The topological polar surface area (TPSA) is 164 Å². The number of carbonyl (C=O) groups excluding carboxylic acids is 3. The third-order valence-electron chi connectivity index (χ3n) is 13.3. The van der Waals surface area contributed by atoms with E-state index in [1.807, 2.05) is 0 Å². The molecule has 5 rings (SSSR count). The number of hydrogen-bond acceptors (Lipinski definition) is 8. The summed E-state index contributed by atoms with van der Waals surface area (Å²) in [5, 5.41) is 29.7. The average Bonchev–Trinajstić information content (AvgIpc) is 3.70. The number of carboxylic acid groups (broad SMARTS) is 2. The predicted molar refractivity (Wildman–Crippen MR) is 214 cm³/mol. The second-order valence-corrected chi connectivity index (χ2v) is 18.0. The molecule has 0 spiro atoms. The Labute approximate surface area is 333 Å². The second-order valence-electron chi connectivity index (χ2n) is 18.0. The molecule has 56 heavy (non-hydrogen) atoms. The number of unbranched alkanes of at least 4 members (excludes halogenated alkanes) is 1. The number of carboxylic acids is 2. The molecule has 1 unspecified atom stereocenters. The van der Waals surface area contributed by atoms with Gasteiger partial charge < -0.3 is 24.8 Å². The van der Waals surface area contributed by atoms with E-state index in [0.717, 1.165) is 57.3 Å². The molecule has 4 aliphatic rings. The standard InChI is InChI=1S/C28H42O10.C18H24/c1-6-7-14-27(4,5)15-8-10-20-12-13-22(31)21(20)11-9-16-28(17-23(32)33,38-19(3)30)25(34)24(26(35)36)37-18(2)29;1-18-11-4-7-17(18)16-9-8-13-5-2-3-6-14(13)15(16)10-12-18/h8,10,20-21,34H,6-7,9,11-17H2,1-5H3,(H,32,33)(H,35,36);2-3,5-6,15-17H,4,7-12H2,1H3/b10-8+,25-24+;/t20-,21+,28?;15-,16-,17+,18+/m01/s1. The van der Waals surface area contributed by atoms with Gasteiger partial charge in [0.05, 0.1) is 6.42 Å². The fourth-order valence-corrected chi connectivity index (χ4v) is 10.5. The molecule has 1 aromatic carbocycles. The van der Waals surface area contributed by atoms with Crippen molar-refractivity contribution in [2.75, 3.05) is 0 Å². The lowest BCUT2D eigenvalue weighted by atomic mass is 9.56. The Morgan fingerprint density at radius 2 is 1.66 bits per heavy atom. The van der Waals surface area contributed by atoms with Crippen LogP contribution >= 0.6 is 0 Å². The van der Waals surface area contributed by atoms with E-state index in [4.69, 9.17) is 4.74 Å². The molecule has 3 saturated carbocycles. The van der Waals surface area contributed by atoms with E-state index in [1.54, 1.807) is 11.1 Å². The Kier molecular flexibility index (Phi) is 15.6. The van der Waals surface area contributed by atoms with Crippen molar-refractivity contribution in [2.24, 2.45) is 34.5 Å². The molecule has 0 heterocycles. The molecule has 0 bridgehead atoms. The summed E-state index contributed by atoms with van der Waals surface area (Å²) in [5.74, 6) is -5.06. The minimum atomic E-state index is -2.29. The van der Waals surface area contributed by atoms with Gasteiger partial charge in [-0.1, -0.05) is 83.4 Å². The normalized spacial score (nSPS) is 27.1. The highest BCUT2D eigenvalue weighted by Gasteiger charge is 2.50. The Hall–Kier alpha value is -3.95. The Balaban J connectivity index is 0.000000314. The van der Waals surface area contributed by atoms with Crippen molar-refractivity contribution < 1.29 is 48.8 Å². The fourth-order valence-electron chi connectivity index (χ4n) is 10.5. The number of fused-ring (bicyclic) bond motifs is 5. The van der Waals surface area contributed by atoms with Crippen molar-refractivity contribution in [1.29, 1.82) is 0 Å². The lowest BCUT2D eigenvalue weighted by molar-refractivity contribution is -0.164. The lowest BCUT2D eigenvalue weighted by Crippen LogP contribution is -2.41. The van der Waals surface area contributed by atoms with Crippen LogP contribution in [0.2, 0.25) is 0 Å². The van der Waals surface area contributed by atoms with Gasteiger partial charge in [-0.3, -0.25) is 19.2 Å². The Bertz CT molecular complexity index is 1620. The summed E-state index contributed by atoms with van der Waals surface area (Å²) in [5.41, 5.74) is 1.92. The molecule has 0 radical (unpaired) electrons. The molecular weight excluding hydrogens is 712 g/mol. The van der Waals surface area contributed by atoms with E-state index < -0.39 is 47.4 Å². The van der Waals surface area contributed by atoms with Gasteiger partial charge in [0, 0.05) is 26.2 Å². The summed E-state index contributed by atoms with van der Waals surface area (Å²) in [7, 11) is 0. The van der Waals surface area contributed by atoms with E-state index in [9.17, 15) is 39.3 Å². The van der Waals surface area contributed by atoms with Gasteiger partial charge >= 0.3 is 23.9 Å². The average molecular weight is 779 g/mol. The molecule has 0 saturated heterocycles. The number of aryl methyl sites for hydroxylation is 1. The van der Waals surface area contributed by atoms with Crippen LogP contribution in [-0.2, 0) is 39.9 Å². The van der Waals surface area contributed by atoms with Crippen molar-refractivity contribution in [1.82, 2.24) is 0 Å². The monoisotopic (exact) mass is 778 g/mol. The number of carbonyl (C=O) groups is 5. The van der Waals surface area contributed by atoms with Gasteiger partial charge in [0.1, 0.15) is 5.78 Å². The van der Waals surface area contributed by atoms with Crippen molar-refractivity contribution in [3.8, 4) is 0 Å². The molecule has 3 fully saturated rings. The zero-order valence-electron chi connectivity index (χ0n) is 34.6. The van der Waals surface area contributed by atoms with Crippen LogP contribution in [0, 0.1) is 34.5 Å². The molecule has 310 valence electrons. The van der Waals surface area contributed by atoms with Crippen LogP contribution in [0.3, 0.4) is 0 Å². The summed E-state index contributed by atoms with van der Waals surface area (Å²) in [6.45, 7) is 11.1. The zero-order valence-corrected chi connectivity index (χ0v) is 34.6. The minimum Gasteiger partial charge on any atom is -0.505 e. The number of rotatable bonds is 16. The number of Topliss-reactive ketones (excluding diaryl/α,β-unsaturated/α-hetero) is 1. The number of aliphatic hydroxyl groups is 1. The first kappa shape index (κ1) is 44.8. The number of ether oxygens (including phenoxy) is 2. The van der Waals surface area contributed by atoms with Gasteiger partial charge in [0.15, 0.2) is 11.4 Å². The molecule has 4 aliphatic carbocycles. The second kappa shape index (κ2) is 19.5. The van der Waals surface area contributed by atoms with Crippen LogP contribution in [0.1, 0.15) is 161 Å². The van der Waals surface area contributed by atoms with Crippen LogP contribution in [-0.4, -0.2) is 50.6 Å². The molecule has 1 aromatic rings. The smallest absolute Gasteiger partial charge is 0.375 e. The highest BCUT2D eigenvalue weighted by atomic mass is 16.6. The summed E-state index contributed by atoms with van der Waals surface area (Å²) in [4.78, 5) is 59.2. The molecule has 3 N–H and O–H groups in total. The highest BCUT2D eigenvalue weighted by Crippen LogP contribution is 2.60. The van der Waals surface area contributed by atoms with Crippen molar-refractivity contribution >= 4 is 29.7 Å². The van der Waals surface area contributed by atoms with Crippen LogP contribution in [0.4, 0.5) is 0 Å². The SMILES string of the molecule is CCCCC(C)(C)C/C=C/[C@H]1CCC(=O)[C@@H]1CCCC(CC(=O)O)(OC(C)=O)/C(O)=C(\OC(C)=O)C(=O)O.C[C@@]12CCC[C@H]1[C@@H]1CCc3ccccc3[C@H]1CC2. The molecule has 10 heteroatoms. The summed E-state index contributed by atoms with van der Waals surface area (Å²) >= 11 is 0. The molecule has 10 nitrogen and oxygen atoms in total. The third kappa shape index (κ3) is 11.3. The first-order valence-electron chi connectivity index (χ1n) is 21.0. The van der Waals surface area contributed by atoms with Gasteiger partial charge in [-0.25, -0.2) is 4.79 Å². The van der Waals surface area contributed by atoms with Gasteiger partial charge in [-0.2, -0.15) is 0 Å². The maximum atomic E-state index is 12.6. The number of ketones is 1. The number of aliphatic carboxylic acids is 2. The molecule has 0 amide bonds. The first-order chi connectivity index (χ1) is 26.4. The van der Waals surface area contributed by atoms with Crippen LogP contribution in [0.5, 0.6) is 0 Å². The van der Waals surface area contributed by atoms with Crippen molar-refractivity contribution in [2.45, 2.75) is 162 Å². The van der Waals surface area contributed by atoms with Crippen molar-refractivity contribution in [3.63, 3.8) is 0 Å². The zero-order chi connectivity index (χ0) is 41.3. The van der Waals surface area contributed by atoms with Gasteiger partial charge in [0.25, 0.3) is 5.76 Å². The van der Waals surface area contributed by atoms with Gasteiger partial charge in [-0.05, 0) is 123 Å². The van der Waals surface area contributed by atoms with E-state index in [0.29, 0.717) is 24.7 Å². The van der Waals surface area contributed by atoms with Crippen LogP contribution < -0.4 is 0 Å². The van der Waals surface area contributed by atoms with E-state index >= 15 is 0 Å². The van der Waals surface area contributed by atoms with E-state index in [2.05, 4.69) is 68.8 Å². The highest BCUT2D eigenvalue weighted by molar-refractivity contribution is 5.89. The summed E-state index contributed by atoms with van der Waals surface area (Å²) < 4.78 is 9.79. The molecular formula is C46H66O10. The number of aliphatic hydroxyl groups excluding tert-OH is 1. The number of benzene rings is 1.